The molecule has 0 bridgehead atoms. The van der Waals surface area contributed by atoms with Gasteiger partial charge in [-0.1, -0.05) is 32.0 Å². The highest BCUT2D eigenvalue weighted by molar-refractivity contribution is 7.92. The maximum Gasteiger partial charge on any atom is 0.232 e. The van der Waals surface area contributed by atoms with Crippen LogP contribution in [0.4, 0.5) is 5.69 Å². The fourth-order valence-electron chi connectivity index (χ4n) is 2.10. The van der Waals surface area contributed by atoms with E-state index in [2.05, 4.69) is 5.32 Å². The van der Waals surface area contributed by atoms with Gasteiger partial charge in [-0.2, -0.15) is 0 Å². The van der Waals surface area contributed by atoms with Gasteiger partial charge in [0.2, 0.25) is 15.9 Å². The van der Waals surface area contributed by atoms with Crippen LogP contribution in [0.3, 0.4) is 0 Å². The zero-order valence-corrected chi connectivity index (χ0v) is 14.6. The first-order valence-corrected chi connectivity index (χ1v) is 9.36. The summed E-state index contributed by atoms with van der Waals surface area (Å²) in [6.45, 7) is 6.89. The summed E-state index contributed by atoms with van der Waals surface area (Å²) in [6.07, 6.45) is 2.01. The van der Waals surface area contributed by atoms with Crippen molar-refractivity contribution in [3.63, 3.8) is 0 Å². The first kappa shape index (κ1) is 18.5. The van der Waals surface area contributed by atoms with Crippen molar-refractivity contribution in [1.29, 1.82) is 0 Å². The third-order valence-corrected chi connectivity index (χ3v) is 4.44. The number of carbonyl (C=O) groups excluding carboxylic acids is 1. The monoisotopic (exact) mass is 326 g/mol. The van der Waals surface area contributed by atoms with Crippen molar-refractivity contribution in [3.05, 3.63) is 29.8 Å². The topological polar surface area (TPSA) is 66.5 Å². The SMILES string of the molecule is Cc1ccccc1N(CCCC(=O)NCC(C)C)S(C)(=O)=O. The molecule has 0 spiro atoms. The Morgan fingerprint density at radius 2 is 1.91 bits per heavy atom. The molecule has 1 amide bonds. The van der Waals surface area contributed by atoms with E-state index in [0.29, 0.717) is 37.5 Å². The lowest BCUT2D eigenvalue weighted by Crippen LogP contribution is -2.33. The van der Waals surface area contributed by atoms with Gasteiger partial charge in [0, 0.05) is 19.5 Å². The maximum atomic E-state index is 12.0. The number of nitrogens with zero attached hydrogens (tertiary/aromatic N) is 1. The summed E-state index contributed by atoms with van der Waals surface area (Å²) in [7, 11) is -3.36. The first-order valence-electron chi connectivity index (χ1n) is 7.52. The highest BCUT2D eigenvalue weighted by atomic mass is 32.2. The van der Waals surface area contributed by atoms with E-state index in [-0.39, 0.29) is 5.91 Å². The van der Waals surface area contributed by atoms with Crippen LogP contribution in [0.25, 0.3) is 0 Å². The van der Waals surface area contributed by atoms with Crippen LogP contribution in [0.2, 0.25) is 0 Å². The van der Waals surface area contributed by atoms with Gasteiger partial charge < -0.3 is 5.32 Å². The van der Waals surface area contributed by atoms with Crippen molar-refractivity contribution >= 4 is 21.6 Å². The van der Waals surface area contributed by atoms with Crippen molar-refractivity contribution in [2.75, 3.05) is 23.7 Å². The number of carbonyl (C=O) groups is 1. The Morgan fingerprint density at radius 1 is 1.27 bits per heavy atom. The highest BCUT2D eigenvalue weighted by Crippen LogP contribution is 2.22. The quantitative estimate of drug-likeness (QED) is 0.797. The van der Waals surface area contributed by atoms with Crippen LogP contribution in [-0.4, -0.2) is 33.7 Å². The van der Waals surface area contributed by atoms with Crippen LogP contribution in [0.1, 0.15) is 32.3 Å². The summed E-state index contributed by atoms with van der Waals surface area (Å²) in [4.78, 5) is 11.7. The predicted octanol–water partition coefficient (Wildman–Crippen LogP) is 2.31. The van der Waals surface area contributed by atoms with Crippen LogP contribution < -0.4 is 9.62 Å². The van der Waals surface area contributed by atoms with Gasteiger partial charge >= 0.3 is 0 Å². The molecule has 124 valence electrons. The van der Waals surface area contributed by atoms with Gasteiger partial charge in [0.25, 0.3) is 0 Å². The summed E-state index contributed by atoms with van der Waals surface area (Å²) in [5, 5.41) is 2.84. The summed E-state index contributed by atoms with van der Waals surface area (Å²) in [5.41, 5.74) is 1.57. The zero-order chi connectivity index (χ0) is 16.8. The highest BCUT2D eigenvalue weighted by Gasteiger charge is 2.18. The van der Waals surface area contributed by atoms with Gasteiger partial charge in [-0.25, -0.2) is 8.42 Å². The van der Waals surface area contributed by atoms with Gasteiger partial charge in [0.05, 0.1) is 11.9 Å². The molecule has 22 heavy (non-hydrogen) atoms. The number of hydrogen-bond acceptors (Lipinski definition) is 3. The molecule has 0 aliphatic carbocycles. The summed E-state index contributed by atoms with van der Waals surface area (Å²) < 4.78 is 25.4. The third kappa shape index (κ3) is 6.05. The Labute approximate surface area is 133 Å². The second-order valence-corrected chi connectivity index (χ2v) is 7.83. The molecule has 5 nitrogen and oxygen atoms in total. The average Bonchev–Trinajstić information content (AvgIpc) is 2.41. The maximum absolute atomic E-state index is 12.0. The Hall–Kier alpha value is -1.56. The number of rotatable bonds is 8. The molecule has 0 unspecified atom stereocenters. The molecule has 0 aliphatic rings. The molecule has 0 fully saturated rings. The first-order chi connectivity index (χ1) is 10.2. The van der Waals surface area contributed by atoms with E-state index < -0.39 is 10.0 Å². The number of amides is 1. The Morgan fingerprint density at radius 3 is 2.45 bits per heavy atom. The molecule has 0 aromatic heterocycles. The molecule has 0 saturated heterocycles. The van der Waals surface area contributed by atoms with Crippen molar-refractivity contribution in [2.45, 2.75) is 33.6 Å². The molecule has 0 heterocycles. The van der Waals surface area contributed by atoms with Gasteiger partial charge in [-0.3, -0.25) is 9.10 Å². The van der Waals surface area contributed by atoms with Gasteiger partial charge in [0.1, 0.15) is 0 Å². The lowest BCUT2D eigenvalue weighted by atomic mass is 10.2. The largest absolute Gasteiger partial charge is 0.356 e. The third-order valence-electron chi connectivity index (χ3n) is 3.26. The number of benzene rings is 1. The lowest BCUT2D eigenvalue weighted by molar-refractivity contribution is -0.121. The van der Waals surface area contributed by atoms with E-state index in [1.54, 1.807) is 6.07 Å². The van der Waals surface area contributed by atoms with E-state index >= 15 is 0 Å². The zero-order valence-electron chi connectivity index (χ0n) is 13.8. The second kappa shape index (κ2) is 8.17. The average molecular weight is 326 g/mol. The summed E-state index contributed by atoms with van der Waals surface area (Å²) in [6, 6.07) is 7.35. The minimum atomic E-state index is -3.36. The molecule has 1 N–H and O–H groups in total. The minimum Gasteiger partial charge on any atom is -0.356 e. The molecule has 6 heteroatoms. The Bertz CT molecular complexity index is 597. The molecule has 0 radical (unpaired) electrons. The minimum absolute atomic E-state index is 0.0352. The Kier molecular flexibility index (Phi) is 6.87. The smallest absolute Gasteiger partial charge is 0.232 e. The van der Waals surface area contributed by atoms with E-state index in [9.17, 15) is 13.2 Å². The van der Waals surface area contributed by atoms with Gasteiger partial charge in [0.15, 0.2) is 0 Å². The standard InChI is InChI=1S/C16H26N2O3S/c1-13(2)12-17-16(19)10-7-11-18(22(4,20)21)15-9-6-5-8-14(15)3/h5-6,8-9,13H,7,10-12H2,1-4H3,(H,17,19). The second-order valence-electron chi connectivity index (χ2n) is 5.92. The number of sulfonamides is 1. The summed E-state index contributed by atoms with van der Waals surface area (Å²) in [5.74, 6) is 0.371. The number of anilines is 1. The fraction of sp³-hybridized carbons (Fsp3) is 0.562. The molecule has 0 saturated carbocycles. The normalized spacial score (nSPS) is 11.5. The van der Waals surface area contributed by atoms with Crippen LogP contribution in [0.15, 0.2) is 24.3 Å². The number of aryl methyl sites for hydroxylation is 1. The molecular formula is C16H26N2O3S. The lowest BCUT2D eigenvalue weighted by Gasteiger charge is -2.24. The molecular weight excluding hydrogens is 300 g/mol. The van der Waals surface area contributed by atoms with Crippen molar-refractivity contribution in [1.82, 2.24) is 5.32 Å². The number of nitrogens with one attached hydrogen (secondary N) is 1. The van der Waals surface area contributed by atoms with E-state index in [4.69, 9.17) is 0 Å². The molecule has 1 aromatic rings. The number of hydrogen-bond donors (Lipinski definition) is 1. The summed E-state index contributed by atoms with van der Waals surface area (Å²) >= 11 is 0. The van der Waals surface area contributed by atoms with Crippen LogP contribution in [0.5, 0.6) is 0 Å². The van der Waals surface area contributed by atoms with E-state index in [0.717, 1.165) is 5.56 Å². The Balaban J connectivity index is 2.66. The van der Waals surface area contributed by atoms with Crippen LogP contribution in [-0.2, 0) is 14.8 Å². The predicted molar refractivity (Wildman–Crippen MR) is 90.5 cm³/mol. The van der Waals surface area contributed by atoms with Crippen LogP contribution in [0, 0.1) is 12.8 Å². The van der Waals surface area contributed by atoms with Crippen molar-refractivity contribution < 1.29 is 13.2 Å². The molecule has 1 rings (SSSR count). The molecule has 0 aliphatic heterocycles. The van der Waals surface area contributed by atoms with E-state index in [1.807, 2.05) is 39.0 Å². The fourth-order valence-corrected chi connectivity index (χ4v) is 3.12. The van der Waals surface area contributed by atoms with Gasteiger partial charge in [-0.05, 0) is 30.9 Å². The number of para-hydroxylation sites is 1. The molecule has 1 aromatic carbocycles. The van der Waals surface area contributed by atoms with Crippen molar-refractivity contribution in [3.8, 4) is 0 Å². The van der Waals surface area contributed by atoms with E-state index in [1.165, 1.54) is 10.6 Å². The van der Waals surface area contributed by atoms with Crippen LogP contribution >= 0.6 is 0 Å². The molecule has 0 atom stereocenters. The van der Waals surface area contributed by atoms with Gasteiger partial charge in [-0.15, -0.1) is 0 Å². The van der Waals surface area contributed by atoms with Crippen molar-refractivity contribution in [2.24, 2.45) is 5.92 Å².